The predicted octanol–water partition coefficient (Wildman–Crippen LogP) is 0.900. The van der Waals surface area contributed by atoms with Crippen molar-refractivity contribution >= 4 is 17.6 Å². The molecule has 0 spiro atoms. The van der Waals surface area contributed by atoms with Gasteiger partial charge in [-0.25, -0.2) is 9.78 Å². The number of nitrogens with two attached hydrogens (primary N) is 1. The van der Waals surface area contributed by atoms with Crippen molar-refractivity contribution in [2.24, 2.45) is 5.73 Å². The molecule has 76 valence electrons. The number of carboxylic acids is 1. The first-order valence-corrected chi connectivity index (χ1v) is 4.14. The number of aromatic nitrogens is 1. The van der Waals surface area contributed by atoms with Crippen LogP contribution in [-0.4, -0.2) is 23.2 Å². The highest BCUT2D eigenvalue weighted by Crippen LogP contribution is 2.27. The highest BCUT2D eigenvalue weighted by atomic mass is 35.5. The van der Waals surface area contributed by atoms with Crippen molar-refractivity contribution in [3.63, 3.8) is 0 Å². The van der Waals surface area contributed by atoms with Crippen molar-refractivity contribution in [1.29, 1.82) is 0 Å². The van der Waals surface area contributed by atoms with Gasteiger partial charge in [-0.15, -0.1) is 0 Å². The maximum absolute atomic E-state index is 10.6. The number of rotatable bonds is 3. The first kappa shape index (κ1) is 10.7. The van der Waals surface area contributed by atoms with Crippen LogP contribution in [0, 0.1) is 0 Å². The van der Waals surface area contributed by atoms with Crippen molar-refractivity contribution in [2.75, 3.05) is 7.11 Å². The largest absolute Gasteiger partial charge is 0.495 e. The lowest BCUT2D eigenvalue weighted by atomic mass is 10.2. The molecule has 6 heteroatoms. The molecular formula is C8H9ClN2O3. The Hall–Kier alpha value is -1.33. The third-order valence-electron chi connectivity index (χ3n) is 1.63. The van der Waals surface area contributed by atoms with Gasteiger partial charge in [0.05, 0.1) is 12.8 Å². The minimum Gasteiger partial charge on any atom is -0.495 e. The molecule has 0 fully saturated rings. The molecule has 0 saturated heterocycles. The van der Waals surface area contributed by atoms with Gasteiger partial charge in [0.25, 0.3) is 0 Å². The summed E-state index contributed by atoms with van der Waals surface area (Å²) in [4.78, 5) is 14.4. The topological polar surface area (TPSA) is 85.4 Å². The minimum absolute atomic E-state index is 0.0658. The quantitative estimate of drug-likeness (QED) is 0.784. The Morgan fingerprint density at radius 3 is 2.86 bits per heavy atom. The van der Waals surface area contributed by atoms with E-state index in [0.717, 1.165) is 0 Å². The van der Waals surface area contributed by atoms with E-state index in [1.165, 1.54) is 13.2 Å². The number of nitrogens with zero attached hydrogens (tertiary/aromatic N) is 1. The number of hydrogen-bond donors (Lipinski definition) is 2. The maximum Gasteiger partial charge on any atom is 0.354 e. The number of hydrogen-bond acceptors (Lipinski definition) is 4. The minimum atomic E-state index is -1.14. The molecule has 3 N–H and O–H groups in total. The van der Waals surface area contributed by atoms with Gasteiger partial charge in [-0.2, -0.15) is 0 Å². The average molecular weight is 217 g/mol. The summed E-state index contributed by atoms with van der Waals surface area (Å²) in [6.07, 6.45) is 0. The van der Waals surface area contributed by atoms with Crippen LogP contribution in [0.1, 0.15) is 16.2 Å². The lowest BCUT2D eigenvalue weighted by molar-refractivity contribution is 0.0689. The van der Waals surface area contributed by atoms with E-state index in [1.54, 1.807) is 0 Å². The molecule has 5 nitrogen and oxygen atoms in total. The molecule has 0 aliphatic carbocycles. The fourth-order valence-electron chi connectivity index (χ4n) is 0.950. The van der Waals surface area contributed by atoms with E-state index in [4.69, 9.17) is 27.2 Å². The summed E-state index contributed by atoms with van der Waals surface area (Å²) in [6, 6.07) is 1.25. The Labute approximate surface area is 85.5 Å². The second-order valence-corrected chi connectivity index (χ2v) is 2.86. The Bertz CT molecular complexity index is 343. The lowest BCUT2D eigenvalue weighted by Gasteiger charge is -2.07. The number of methoxy groups -OCH3 is 1. The highest BCUT2D eigenvalue weighted by molar-refractivity contribution is 6.32. The van der Waals surface area contributed by atoms with E-state index >= 15 is 0 Å². The van der Waals surface area contributed by atoms with Gasteiger partial charge in [0, 0.05) is 12.6 Å². The molecule has 0 amide bonds. The Morgan fingerprint density at radius 2 is 2.43 bits per heavy atom. The van der Waals surface area contributed by atoms with Gasteiger partial charge in [0.2, 0.25) is 0 Å². The third kappa shape index (κ3) is 1.94. The molecule has 0 aliphatic heterocycles. The van der Waals surface area contributed by atoms with Crippen molar-refractivity contribution in [3.8, 4) is 5.75 Å². The summed E-state index contributed by atoms with van der Waals surface area (Å²) >= 11 is 5.83. The second kappa shape index (κ2) is 4.26. The monoisotopic (exact) mass is 216 g/mol. The van der Waals surface area contributed by atoms with Gasteiger partial charge in [-0.3, -0.25) is 0 Å². The van der Waals surface area contributed by atoms with Crippen LogP contribution in [0.2, 0.25) is 5.02 Å². The fraction of sp³-hybridized carbons (Fsp3) is 0.250. The van der Waals surface area contributed by atoms with Crippen molar-refractivity contribution in [1.82, 2.24) is 4.98 Å². The van der Waals surface area contributed by atoms with E-state index < -0.39 is 5.97 Å². The van der Waals surface area contributed by atoms with E-state index in [0.29, 0.717) is 5.69 Å². The molecule has 0 atom stereocenters. The molecule has 1 heterocycles. The fourth-order valence-corrected chi connectivity index (χ4v) is 1.20. The summed E-state index contributed by atoms with van der Waals surface area (Å²) in [7, 11) is 1.40. The van der Waals surface area contributed by atoms with Crippen LogP contribution in [0.25, 0.3) is 0 Å². The highest BCUT2D eigenvalue weighted by Gasteiger charge is 2.13. The molecule has 1 aromatic heterocycles. The van der Waals surface area contributed by atoms with Crippen LogP contribution in [-0.2, 0) is 6.54 Å². The zero-order valence-electron chi connectivity index (χ0n) is 7.45. The third-order valence-corrected chi connectivity index (χ3v) is 2.03. The predicted molar refractivity (Wildman–Crippen MR) is 50.6 cm³/mol. The number of ether oxygens (including phenoxy) is 1. The molecular weight excluding hydrogens is 208 g/mol. The average Bonchev–Trinajstić information content (AvgIpc) is 2.17. The first-order valence-electron chi connectivity index (χ1n) is 3.77. The Kier molecular flexibility index (Phi) is 3.27. The van der Waals surface area contributed by atoms with Gasteiger partial charge in [-0.05, 0) is 0 Å². The van der Waals surface area contributed by atoms with Gasteiger partial charge in [-0.1, -0.05) is 11.6 Å². The zero-order valence-corrected chi connectivity index (χ0v) is 8.21. The van der Waals surface area contributed by atoms with Crippen molar-refractivity contribution in [2.45, 2.75) is 6.54 Å². The molecule has 1 aromatic rings. The standard InChI is InChI=1S/C8H9ClN2O3/c1-14-6-2-4(8(12)13)11-5(3-10)7(6)9/h2H,3,10H2,1H3,(H,12,13). The van der Waals surface area contributed by atoms with Gasteiger partial charge < -0.3 is 15.6 Å². The summed E-state index contributed by atoms with van der Waals surface area (Å²) in [5.74, 6) is -0.880. The van der Waals surface area contributed by atoms with E-state index in [2.05, 4.69) is 4.98 Å². The van der Waals surface area contributed by atoms with Crippen LogP contribution in [0.15, 0.2) is 6.07 Å². The summed E-state index contributed by atoms with van der Waals surface area (Å²) in [6.45, 7) is 0.0658. The number of pyridine rings is 1. The van der Waals surface area contributed by atoms with E-state index in [9.17, 15) is 4.79 Å². The lowest BCUT2D eigenvalue weighted by Crippen LogP contribution is -2.08. The second-order valence-electron chi connectivity index (χ2n) is 2.48. The van der Waals surface area contributed by atoms with Crippen molar-refractivity contribution in [3.05, 3.63) is 22.5 Å². The number of carbonyl (C=O) groups is 1. The normalized spacial score (nSPS) is 9.93. The van der Waals surface area contributed by atoms with Crippen LogP contribution in [0.3, 0.4) is 0 Å². The first-order chi connectivity index (χ1) is 6.60. The molecule has 1 rings (SSSR count). The maximum atomic E-state index is 10.6. The molecule has 0 unspecified atom stereocenters. The number of carboxylic acid groups (broad SMARTS) is 1. The van der Waals surface area contributed by atoms with Crippen LogP contribution in [0.5, 0.6) is 5.75 Å². The molecule has 0 aromatic carbocycles. The number of aromatic carboxylic acids is 1. The molecule has 14 heavy (non-hydrogen) atoms. The summed E-state index contributed by atoms with van der Waals surface area (Å²) in [5, 5.41) is 8.96. The van der Waals surface area contributed by atoms with E-state index in [1.807, 2.05) is 0 Å². The Morgan fingerprint density at radius 1 is 1.79 bits per heavy atom. The van der Waals surface area contributed by atoms with E-state index in [-0.39, 0.29) is 23.0 Å². The molecule has 0 saturated carbocycles. The SMILES string of the molecule is COc1cc(C(=O)O)nc(CN)c1Cl. The van der Waals surface area contributed by atoms with Gasteiger partial charge in [0.15, 0.2) is 5.69 Å². The molecule has 0 aliphatic rings. The van der Waals surface area contributed by atoms with Crippen LogP contribution < -0.4 is 10.5 Å². The smallest absolute Gasteiger partial charge is 0.354 e. The van der Waals surface area contributed by atoms with Gasteiger partial charge in [0.1, 0.15) is 10.8 Å². The molecule has 0 bridgehead atoms. The molecule has 0 radical (unpaired) electrons. The van der Waals surface area contributed by atoms with Crippen LogP contribution in [0.4, 0.5) is 0 Å². The Balaban J connectivity index is 3.32. The zero-order chi connectivity index (χ0) is 10.7. The van der Waals surface area contributed by atoms with Crippen molar-refractivity contribution < 1.29 is 14.6 Å². The summed E-state index contributed by atoms with van der Waals surface area (Å²) < 4.78 is 4.89. The van der Waals surface area contributed by atoms with Crippen LogP contribution >= 0.6 is 11.6 Å². The summed E-state index contributed by atoms with van der Waals surface area (Å²) in [5.41, 5.74) is 5.52. The van der Waals surface area contributed by atoms with Gasteiger partial charge >= 0.3 is 5.97 Å². The number of halogens is 1.